The number of benzene rings is 15. The molecule has 0 saturated heterocycles. The maximum absolute atomic E-state index is 2.38. The average Bonchev–Trinajstić information content (AvgIpc) is 0.790. The SMILES string of the molecule is CC.CC.CC.CC.CC.CC.CC.CC.CC.CC.CC.CC.CC.CC.CC.CC.CC.CC(C)(C)c1ccc(-c2ccccc2)cc1.C[Si](C)(C)c1ccc(-c2ccccc2)cc1.Cc1ccc2ccc3ccccc3c2c1.Cc1ccc2ccccc2c1.Cc1cccc2c1ccc1ccccc12.Cc1cccc2ccc3ccccc3c12. The molecule has 15 rings (SSSR count). The van der Waals surface area contributed by atoms with Crippen LogP contribution in [0.4, 0.5) is 0 Å². The molecule has 0 bridgehead atoms. The highest BCUT2D eigenvalue weighted by Gasteiger charge is 2.16. The summed E-state index contributed by atoms with van der Waals surface area (Å²) in [7, 11) is -1.16. The third kappa shape index (κ3) is 47.1. The molecular weight excluding hydrogens is 1480 g/mol. The first-order valence-corrected chi connectivity index (χ1v) is 51.5. The number of fused-ring (bicyclic) bond motifs is 10. The Morgan fingerprint density at radius 3 is 0.861 bits per heavy atom. The monoisotopic (exact) mass is 1670 g/mol. The molecule has 15 aromatic rings. The van der Waals surface area contributed by atoms with E-state index in [-0.39, 0.29) is 5.41 Å². The Bertz CT molecular complexity index is 4610. The van der Waals surface area contributed by atoms with Gasteiger partial charge < -0.3 is 0 Å². The van der Waals surface area contributed by atoms with Crippen LogP contribution in [0.5, 0.6) is 0 Å². The van der Waals surface area contributed by atoms with E-state index in [4.69, 9.17) is 0 Å². The predicted octanol–water partition coefficient (Wildman–Crippen LogP) is 42.0. The molecule has 0 amide bonds. The highest BCUT2D eigenvalue weighted by Crippen LogP contribution is 2.31. The molecule has 0 spiro atoms. The normalized spacial score (nSPS) is 8.82. The van der Waals surface area contributed by atoms with Crippen molar-refractivity contribution in [3.8, 4) is 22.3 Å². The zero-order valence-corrected chi connectivity index (χ0v) is 88.0. The smallest absolute Gasteiger partial charge is 0.0683 e. The molecule has 0 atom stereocenters. The molecule has 0 saturated carbocycles. The minimum absolute atomic E-state index is 0.231. The van der Waals surface area contributed by atoms with Gasteiger partial charge in [0.2, 0.25) is 0 Å². The van der Waals surface area contributed by atoms with Gasteiger partial charge in [-0.1, -0.05) is 608 Å². The standard InChI is InChI=1S/C16H18.C15H18Si.3C15H12.C11H10.17C2H6/c2*1-16(2,3)15-11-9-14(10-12-15)13-7-5-4-6-8-13;1-11-5-4-7-13-10-9-12-6-2-3-8-14(12)15(11)13;1-11-5-4-8-15-13(11)10-9-12-6-2-3-7-14(12)15;1-11-6-7-13-9-8-12-4-2-3-5-14(12)15(13)10-11;1-9-6-7-10-4-2-3-5-11(10)8-9;17*1-2/h2*4-12H,1-3H3;3*2-10H,1H3;2-8H,1H3;17*1-2H3. The minimum Gasteiger partial charge on any atom is -0.0683 e. The summed E-state index contributed by atoms with van der Waals surface area (Å²) in [6.07, 6.45) is 0. The van der Waals surface area contributed by atoms with Crippen LogP contribution in [-0.4, -0.2) is 8.07 Å². The number of hydrogen-bond donors (Lipinski definition) is 0. The Morgan fingerprint density at radius 1 is 0.180 bits per heavy atom. The second-order valence-electron chi connectivity index (χ2n) is 25.2. The van der Waals surface area contributed by atoms with E-state index in [2.05, 4.69) is 377 Å². The summed E-state index contributed by atoms with van der Waals surface area (Å²) in [5.41, 5.74) is 12.1. The fourth-order valence-corrected chi connectivity index (χ4v) is 12.6. The van der Waals surface area contributed by atoms with Crippen LogP contribution < -0.4 is 5.19 Å². The summed E-state index contributed by atoms with van der Waals surface area (Å²) < 4.78 is 0. The maximum Gasteiger partial charge on any atom is 0.0775 e. The van der Waals surface area contributed by atoms with Gasteiger partial charge in [0.05, 0.1) is 8.07 Å². The first-order valence-electron chi connectivity index (χ1n) is 48.0. The Kier molecular flexibility index (Phi) is 89.0. The predicted molar refractivity (Wildman–Crippen MR) is 586 cm³/mol. The van der Waals surface area contributed by atoms with E-state index in [9.17, 15) is 0 Å². The minimum atomic E-state index is -1.16. The van der Waals surface area contributed by atoms with Crippen LogP contribution >= 0.6 is 0 Å². The third-order valence-electron chi connectivity index (χ3n) is 16.5. The molecule has 122 heavy (non-hydrogen) atoms. The average molecular weight is 1670 g/mol. The zero-order chi connectivity index (χ0) is 95.6. The van der Waals surface area contributed by atoms with Crippen molar-refractivity contribution in [1.29, 1.82) is 0 Å². The van der Waals surface area contributed by atoms with Gasteiger partial charge in [-0.25, -0.2) is 0 Å². The van der Waals surface area contributed by atoms with Crippen molar-refractivity contribution in [2.24, 2.45) is 0 Å². The second-order valence-corrected chi connectivity index (χ2v) is 30.2. The van der Waals surface area contributed by atoms with Gasteiger partial charge in [-0.3, -0.25) is 0 Å². The fourth-order valence-electron chi connectivity index (χ4n) is 11.5. The Balaban J connectivity index is -0.000000199. The summed E-state index contributed by atoms with van der Waals surface area (Å²) in [5.74, 6) is 0. The van der Waals surface area contributed by atoms with E-state index in [0.29, 0.717) is 0 Å². The lowest BCUT2D eigenvalue weighted by molar-refractivity contribution is 0.590. The van der Waals surface area contributed by atoms with Crippen LogP contribution in [0.25, 0.3) is 97.7 Å². The number of aryl methyl sites for hydroxylation is 4. The van der Waals surface area contributed by atoms with Gasteiger partial charge in [0.1, 0.15) is 0 Å². The van der Waals surface area contributed by atoms with Crippen molar-refractivity contribution in [2.75, 3.05) is 0 Å². The molecule has 0 heterocycles. The van der Waals surface area contributed by atoms with Crippen LogP contribution in [0, 0.1) is 27.7 Å². The van der Waals surface area contributed by atoms with Gasteiger partial charge in [-0.05, 0) is 147 Å². The Labute approximate surface area is 758 Å². The molecular formula is C121H184Si. The molecule has 15 aromatic carbocycles. The molecule has 1 heteroatoms. The van der Waals surface area contributed by atoms with Gasteiger partial charge in [-0.15, -0.1) is 0 Å². The second kappa shape index (κ2) is 84.9. The van der Waals surface area contributed by atoms with Crippen LogP contribution in [0.2, 0.25) is 19.6 Å². The third-order valence-corrected chi connectivity index (χ3v) is 18.6. The van der Waals surface area contributed by atoms with E-state index < -0.39 is 8.07 Å². The fraction of sp³-hybridized carbons (Fsp3) is 0.372. The molecule has 0 aliphatic rings. The van der Waals surface area contributed by atoms with Crippen molar-refractivity contribution >= 4 is 88.7 Å². The van der Waals surface area contributed by atoms with Crippen LogP contribution in [0.3, 0.4) is 0 Å². The molecule has 0 radical (unpaired) electrons. The van der Waals surface area contributed by atoms with Crippen molar-refractivity contribution in [3.05, 3.63) is 343 Å². The summed E-state index contributed by atoms with van der Waals surface area (Å²) in [4.78, 5) is 0. The topological polar surface area (TPSA) is 0 Å². The molecule has 0 nitrogen and oxygen atoms in total. The zero-order valence-electron chi connectivity index (χ0n) is 87.0. The van der Waals surface area contributed by atoms with Crippen molar-refractivity contribution < 1.29 is 0 Å². The lowest BCUT2D eigenvalue weighted by Gasteiger charge is -2.19. The molecule has 0 aromatic heterocycles. The summed E-state index contributed by atoms with van der Waals surface area (Å²) in [6, 6.07) is 112. The first kappa shape index (κ1) is 128. The summed E-state index contributed by atoms with van der Waals surface area (Å²) in [6.45, 7) is 90.5. The molecule has 0 aliphatic heterocycles. The molecule has 0 fully saturated rings. The van der Waals surface area contributed by atoms with Gasteiger partial charge in [0.15, 0.2) is 0 Å². The maximum atomic E-state index is 2.38. The summed E-state index contributed by atoms with van der Waals surface area (Å²) >= 11 is 0. The van der Waals surface area contributed by atoms with Crippen molar-refractivity contribution in [3.63, 3.8) is 0 Å². The molecule has 0 N–H and O–H groups in total. The number of rotatable bonds is 3. The number of hydrogen-bond acceptors (Lipinski definition) is 0. The Hall–Kier alpha value is -9.66. The van der Waals surface area contributed by atoms with Crippen LogP contribution in [0.1, 0.15) is 284 Å². The lowest BCUT2D eigenvalue weighted by atomic mass is 9.86. The van der Waals surface area contributed by atoms with Gasteiger partial charge in [0, 0.05) is 0 Å². The van der Waals surface area contributed by atoms with Crippen LogP contribution in [0.15, 0.2) is 315 Å². The summed E-state index contributed by atoms with van der Waals surface area (Å²) in [5, 5.41) is 20.3. The van der Waals surface area contributed by atoms with Crippen LogP contribution in [-0.2, 0) is 5.41 Å². The van der Waals surface area contributed by atoms with Crippen molar-refractivity contribution in [2.45, 2.75) is 309 Å². The van der Waals surface area contributed by atoms with E-state index in [1.54, 1.807) is 0 Å². The highest BCUT2D eigenvalue weighted by atomic mass is 28.3. The van der Waals surface area contributed by atoms with E-state index in [1.807, 2.05) is 241 Å². The quantitative estimate of drug-likeness (QED) is 0.122. The van der Waals surface area contributed by atoms with Crippen molar-refractivity contribution in [1.82, 2.24) is 0 Å². The highest BCUT2D eigenvalue weighted by molar-refractivity contribution is 6.88. The first-order chi connectivity index (χ1) is 59.6. The van der Waals surface area contributed by atoms with Gasteiger partial charge in [0.25, 0.3) is 0 Å². The van der Waals surface area contributed by atoms with E-state index >= 15 is 0 Å². The van der Waals surface area contributed by atoms with Gasteiger partial charge in [-0.2, -0.15) is 0 Å². The largest absolute Gasteiger partial charge is 0.0775 e. The molecule has 672 valence electrons. The van der Waals surface area contributed by atoms with E-state index in [1.165, 1.54) is 131 Å². The van der Waals surface area contributed by atoms with Gasteiger partial charge >= 0.3 is 0 Å². The molecule has 0 unspecified atom stereocenters. The van der Waals surface area contributed by atoms with E-state index in [0.717, 1.165) is 0 Å². The Morgan fingerprint density at radius 2 is 0.451 bits per heavy atom. The molecule has 0 aliphatic carbocycles. The lowest BCUT2D eigenvalue weighted by Crippen LogP contribution is -2.37.